The maximum Gasteiger partial charge on any atom is 0.250 e. The molecule has 5 nitrogen and oxygen atoms in total. The van der Waals surface area contributed by atoms with Gasteiger partial charge in [0.15, 0.2) is 0 Å². The van der Waals surface area contributed by atoms with Crippen molar-refractivity contribution in [2.24, 2.45) is 0 Å². The van der Waals surface area contributed by atoms with Crippen LogP contribution >= 0.6 is 11.3 Å². The van der Waals surface area contributed by atoms with Crippen LogP contribution in [-0.4, -0.2) is 51.4 Å². The van der Waals surface area contributed by atoms with Gasteiger partial charge in [0.05, 0.1) is 0 Å². The lowest BCUT2D eigenvalue weighted by Gasteiger charge is -2.32. The first-order valence-electron chi connectivity index (χ1n) is 8.47. The molecule has 0 spiro atoms. The molecule has 1 saturated heterocycles. The van der Waals surface area contributed by atoms with Gasteiger partial charge in [0.2, 0.25) is 10.0 Å². The Labute approximate surface area is 154 Å². The fourth-order valence-electron chi connectivity index (χ4n) is 2.83. The lowest BCUT2D eigenvalue weighted by atomic mass is 10.1. The summed E-state index contributed by atoms with van der Waals surface area (Å²) in [5.41, 5.74) is 2.24. The van der Waals surface area contributed by atoms with Crippen molar-refractivity contribution >= 4 is 21.4 Å². The summed E-state index contributed by atoms with van der Waals surface area (Å²) < 4.78 is 27.6. The van der Waals surface area contributed by atoms with Crippen LogP contribution in [0.2, 0.25) is 0 Å². The van der Waals surface area contributed by atoms with Crippen LogP contribution < -0.4 is 4.72 Å². The number of aryl methyl sites for hydroxylation is 1. The lowest BCUT2D eigenvalue weighted by Crippen LogP contribution is -2.43. The Bertz CT molecular complexity index is 792. The quantitative estimate of drug-likeness (QED) is 0.837. The first-order valence-corrected chi connectivity index (χ1v) is 10.8. The molecule has 1 aromatic heterocycles. The summed E-state index contributed by atoms with van der Waals surface area (Å²) in [6, 6.07) is 11.7. The van der Waals surface area contributed by atoms with Crippen molar-refractivity contribution < 1.29 is 8.42 Å². The van der Waals surface area contributed by atoms with Gasteiger partial charge in [-0.1, -0.05) is 24.3 Å². The second-order valence-corrected chi connectivity index (χ2v) is 9.87. The molecule has 136 valence electrons. The van der Waals surface area contributed by atoms with Crippen LogP contribution in [0.4, 0.5) is 0 Å². The number of rotatable bonds is 6. The minimum atomic E-state index is -3.42. The Morgan fingerprint density at radius 3 is 2.24 bits per heavy atom. The number of piperazine rings is 1. The molecular weight excluding hydrogens is 354 g/mol. The minimum absolute atomic E-state index is 0.314. The average molecular weight is 380 g/mol. The molecule has 0 saturated carbocycles. The summed E-state index contributed by atoms with van der Waals surface area (Å²) in [4.78, 5) is 5.80. The first-order chi connectivity index (χ1) is 11.9. The molecule has 1 N–H and O–H groups in total. The van der Waals surface area contributed by atoms with Crippen molar-refractivity contribution in [2.75, 3.05) is 33.2 Å². The molecule has 25 heavy (non-hydrogen) atoms. The highest BCUT2D eigenvalue weighted by Crippen LogP contribution is 2.20. The third-order valence-electron chi connectivity index (χ3n) is 4.47. The van der Waals surface area contributed by atoms with Crippen molar-refractivity contribution in [1.82, 2.24) is 14.5 Å². The standard InChI is InChI=1S/C18H25N3O2S2/c1-15-3-8-18(24-15)25(22,23)19-13-16-4-6-17(7-5-16)14-21-11-9-20(2)10-12-21/h3-8,19H,9-14H2,1-2H3. The number of likely N-dealkylation sites (N-methyl/N-ethyl adjacent to an activating group) is 1. The summed E-state index contributed by atoms with van der Waals surface area (Å²) in [6.45, 7) is 7.59. The van der Waals surface area contributed by atoms with Gasteiger partial charge in [-0.15, -0.1) is 11.3 Å². The Kier molecular flexibility index (Phi) is 5.91. The Morgan fingerprint density at radius 2 is 1.64 bits per heavy atom. The van der Waals surface area contributed by atoms with Crippen molar-refractivity contribution in [1.29, 1.82) is 0 Å². The molecule has 2 heterocycles. The molecule has 1 aliphatic heterocycles. The van der Waals surface area contributed by atoms with Gasteiger partial charge in [-0.25, -0.2) is 13.1 Å². The molecule has 0 amide bonds. The van der Waals surface area contributed by atoms with Gasteiger partial charge in [0, 0.05) is 44.1 Å². The number of hydrogen-bond donors (Lipinski definition) is 1. The van der Waals surface area contributed by atoms with E-state index in [0.717, 1.165) is 43.2 Å². The van der Waals surface area contributed by atoms with Crippen molar-refractivity contribution in [3.05, 3.63) is 52.4 Å². The fraction of sp³-hybridized carbons (Fsp3) is 0.444. The average Bonchev–Trinajstić information content (AvgIpc) is 3.04. The number of nitrogens with zero attached hydrogens (tertiary/aromatic N) is 2. The highest BCUT2D eigenvalue weighted by Gasteiger charge is 2.16. The maximum atomic E-state index is 12.3. The summed E-state index contributed by atoms with van der Waals surface area (Å²) in [5, 5.41) is 0. The predicted molar refractivity (Wildman–Crippen MR) is 102 cm³/mol. The van der Waals surface area contributed by atoms with Crippen molar-refractivity contribution in [2.45, 2.75) is 24.2 Å². The molecule has 1 aromatic carbocycles. The van der Waals surface area contributed by atoms with Crippen LogP contribution in [0.25, 0.3) is 0 Å². The molecule has 7 heteroatoms. The minimum Gasteiger partial charge on any atom is -0.304 e. The predicted octanol–water partition coefficient (Wildman–Crippen LogP) is 2.28. The normalized spacial score (nSPS) is 17.0. The number of sulfonamides is 1. The summed E-state index contributed by atoms with van der Waals surface area (Å²) >= 11 is 1.29. The highest BCUT2D eigenvalue weighted by atomic mass is 32.2. The number of thiophene rings is 1. The molecule has 1 aliphatic rings. The van der Waals surface area contributed by atoms with Gasteiger partial charge in [0.1, 0.15) is 4.21 Å². The van der Waals surface area contributed by atoms with E-state index in [2.05, 4.69) is 33.7 Å². The Balaban J connectivity index is 1.54. The van der Waals surface area contributed by atoms with Crippen LogP contribution in [0, 0.1) is 6.92 Å². The molecule has 0 atom stereocenters. The topological polar surface area (TPSA) is 52.7 Å². The number of nitrogens with one attached hydrogen (secondary N) is 1. The second kappa shape index (κ2) is 7.97. The summed E-state index contributed by atoms with van der Waals surface area (Å²) in [6.07, 6.45) is 0. The molecule has 0 aliphatic carbocycles. The van der Waals surface area contributed by atoms with Crippen LogP contribution in [-0.2, 0) is 23.1 Å². The zero-order valence-electron chi connectivity index (χ0n) is 14.7. The molecule has 0 radical (unpaired) electrons. The van der Waals surface area contributed by atoms with Gasteiger partial charge < -0.3 is 4.90 Å². The van der Waals surface area contributed by atoms with E-state index in [-0.39, 0.29) is 0 Å². The summed E-state index contributed by atoms with van der Waals surface area (Å²) in [5.74, 6) is 0. The Morgan fingerprint density at radius 1 is 1.00 bits per heavy atom. The van der Waals surface area contributed by atoms with Crippen molar-refractivity contribution in [3.63, 3.8) is 0 Å². The molecule has 0 bridgehead atoms. The van der Waals surface area contributed by atoms with E-state index >= 15 is 0 Å². The SMILES string of the molecule is Cc1ccc(S(=O)(=O)NCc2ccc(CN3CCN(C)CC3)cc2)s1. The van der Waals surface area contributed by atoms with Crippen LogP contribution in [0.3, 0.4) is 0 Å². The zero-order valence-corrected chi connectivity index (χ0v) is 16.4. The third kappa shape index (κ3) is 5.12. The van der Waals surface area contributed by atoms with E-state index in [1.165, 1.54) is 16.9 Å². The van der Waals surface area contributed by atoms with Gasteiger partial charge in [-0.3, -0.25) is 4.90 Å². The van der Waals surface area contributed by atoms with E-state index in [9.17, 15) is 8.42 Å². The van der Waals surface area contributed by atoms with Gasteiger partial charge >= 0.3 is 0 Å². The monoisotopic (exact) mass is 379 g/mol. The fourth-order valence-corrected chi connectivity index (χ4v) is 5.18. The van der Waals surface area contributed by atoms with Gasteiger partial charge in [0.25, 0.3) is 0 Å². The molecule has 2 aromatic rings. The van der Waals surface area contributed by atoms with E-state index in [1.54, 1.807) is 6.07 Å². The van der Waals surface area contributed by atoms with Crippen LogP contribution in [0.15, 0.2) is 40.6 Å². The van der Waals surface area contributed by atoms with E-state index in [1.807, 2.05) is 25.1 Å². The van der Waals surface area contributed by atoms with Gasteiger partial charge in [-0.2, -0.15) is 0 Å². The number of hydrogen-bond acceptors (Lipinski definition) is 5. The maximum absolute atomic E-state index is 12.3. The van der Waals surface area contributed by atoms with Crippen molar-refractivity contribution in [3.8, 4) is 0 Å². The van der Waals surface area contributed by atoms with E-state index < -0.39 is 10.0 Å². The highest BCUT2D eigenvalue weighted by molar-refractivity contribution is 7.91. The molecule has 3 rings (SSSR count). The first kappa shape index (κ1) is 18.5. The number of benzene rings is 1. The van der Waals surface area contributed by atoms with Crippen LogP contribution in [0.1, 0.15) is 16.0 Å². The van der Waals surface area contributed by atoms with Crippen LogP contribution in [0.5, 0.6) is 0 Å². The molecular formula is C18H25N3O2S2. The third-order valence-corrected chi connectivity index (χ3v) is 7.37. The smallest absolute Gasteiger partial charge is 0.250 e. The molecule has 1 fully saturated rings. The lowest BCUT2D eigenvalue weighted by molar-refractivity contribution is 0.148. The second-order valence-electron chi connectivity index (χ2n) is 6.59. The zero-order chi connectivity index (χ0) is 17.9. The summed E-state index contributed by atoms with van der Waals surface area (Å²) in [7, 11) is -1.26. The Hall–Kier alpha value is -1.25. The molecule has 0 unspecified atom stereocenters. The largest absolute Gasteiger partial charge is 0.304 e. The van der Waals surface area contributed by atoms with E-state index in [4.69, 9.17) is 0 Å². The van der Waals surface area contributed by atoms with Gasteiger partial charge in [-0.05, 0) is 37.2 Å². The van der Waals surface area contributed by atoms with E-state index in [0.29, 0.717) is 10.8 Å².